The number of hydrogen-bond acceptors (Lipinski definition) is 7. The van der Waals surface area contributed by atoms with E-state index in [2.05, 4.69) is 4.98 Å². The van der Waals surface area contributed by atoms with Gasteiger partial charge in [0.05, 0.1) is 12.1 Å². The van der Waals surface area contributed by atoms with Crippen molar-refractivity contribution in [3.63, 3.8) is 0 Å². The number of ether oxygens (including phenoxy) is 3. The summed E-state index contributed by atoms with van der Waals surface area (Å²) in [4.78, 5) is 54.6. The van der Waals surface area contributed by atoms with Gasteiger partial charge in [0, 0.05) is 24.7 Å². The van der Waals surface area contributed by atoms with Gasteiger partial charge in [-0.2, -0.15) is 0 Å². The molecule has 2 fully saturated rings. The smallest absolute Gasteiger partial charge is 0.351 e. The van der Waals surface area contributed by atoms with E-state index >= 15 is 0 Å². The number of esters is 2. The predicted molar refractivity (Wildman–Crippen MR) is 124 cm³/mol. The molecule has 9 nitrogen and oxygen atoms in total. The third-order valence-corrected chi connectivity index (χ3v) is 5.75. The topological polar surface area (TPSA) is 115 Å². The van der Waals surface area contributed by atoms with Crippen molar-refractivity contribution in [1.82, 2.24) is 4.98 Å². The zero-order chi connectivity index (χ0) is 24.6. The Balaban J connectivity index is 1.60. The summed E-state index contributed by atoms with van der Waals surface area (Å²) in [5.74, 6) is -1.52. The summed E-state index contributed by atoms with van der Waals surface area (Å²) < 4.78 is 16.1. The molecule has 2 aliphatic rings. The highest BCUT2D eigenvalue weighted by Crippen LogP contribution is 2.32. The fourth-order valence-electron chi connectivity index (χ4n) is 4.04. The maximum Gasteiger partial charge on any atom is 0.351 e. The molecule has 34 heavy (non-hydrogen) atoms. The van der Waals surface area contributed by atoms with Crippen molar-refractivity contribution >= 4 is 34.4 Å². The SMILES string of the molecule is CC(=O)O[C@@H](C(=O)OC(C)(C)C)[C@H]1OCCN(c2ccc3cc(CC4CC4)c(=O)[nH]c3c2)C1=O. The van der Waals surface area contributed by atoms with E-state index < -0.39 is 35.7 Å². The molecule has 1 saturated carbocycles. The molecule has 0 bridgehead atoms. The summed E-state index contributed by atoms with van der Waals surface area (Å²) in [7, 11) is 0. The number of aromatic amines is 1. The molecule has 1 saturated heterocycles. The first kappa shape index (κ1) is 23.9. The Hall–Kier alpha value is -3.20. The quantitative estimate of drug-likeness (QED) is 0.645. The zero-order valence-electron chi connectivity index (χ0n) is 19.9. The molecule has 1 aromatic carbocycles. The maximum absolute atomic E-state index is 13.3. The first-order valence-electron chi connectivity index (χ1n) is 11.5. The molecule has 0 spiro atoms. The van der Waals surface area contributed by atoms with Gasteiger partial charge in [0.2, 0.25) is 6.10 Å². The van der Waals surface area contributed by atoms with Gasteiger partial charge in [0.25, 0.3) is 11.5 Å². The van der Waals surface area contributed by atoms with Crippen molar-refractivity contribution in [3.8, 4) is 0 Å². The number of hydrogen-bond donors (Lipinski definition) is 1. The molecule has 0 radical (unpaired) electrons. The molecular formula is C25H30N2O7. The van der Waals surface area contributed by atoms with Crippen LogP contribution in [0.3, 0.4) is 0 Å². The summed E-state index contributed by atoms with van der Waals surface area (Å²) in [6.45, 7) is 6.56. The Kier molecular flexibility index (Phi) is 6.49. The number of pyridine rings is 1. The Labute approximate surface area is 197 Å². The monoisotopic (exact) mass is 470 g/mol. The van der Waals surface area contributed by atoms with Crippen LogP contribution in [-0.2, 0) is 35.0 Å². The molecule has 2 heterocycles. The van der Waals surface area contributed by atoms with Crippen molar-refractivity contribution in [3.05, 3.63) is 40.2 Å². The second kappa shape index (κ2) is 9.21. The minimum absolute atomic E-state index is 0.123. The molecule has 1 aliphatic heterocycles. The number of fused-ring (bicyclic) bond motifs is 1. The van der Waals surface area contributed by atoms with Crippen LogP contribution < -0.4 is 10.5 Å². The van der Waals surface area contributed by atoms with E-state index in [1.807, 2.05) is 12.1 Å². The van der Waals surface area contributed by atoms with Crippen molar-refractivity contribution in [2.75, 3.05) is 18.1 Å². The molecule has 1 aromatic heterocycles. The standard InChI is InChI=1S/C25H30N2O7/c1-14(28)33-21(24(31)34-25(2,3)4)20-23(30)27(9-10-32-20)18-8-7-16-12-17(11-15-5-6-15)22(29)26-19(16)13-18/h7-8,12-13,15,20-21H,5-6,9-11H2,1-4H3,(H,26,29)/t20-,21-/m1/s1. The lowest BCUT2D eigenvalue weighted by molar-refractivity contribution is -0.188. The fraction of sp³-hybridized carbons (Fsp3) is 0.520. The van der Waals surface area contributed by atoms with Crippen molar-refractivity contribution < 1.29 is 28.6 Å². The van der Waals surface area contributed by atoms with E-state index in [-0.39, 0.29) is 18.7 Å². The lowest BCUT2D eigenvalue weighted by Crippen LogP contribution is -2.56. The molecule has 4 rings (SSSR count). The number of rotatable bonds is 6. The van der Waals surface area contributed by atoms with Gasteiger partial charge in [-0.05, 0) is 69.5 Å². The number of H-pyrrole nitrogens is 1. The summed E-state index contributed by atoms with van der Waals surface area (Å²) in [5, 5.41) is 0.878. The van der Waals surface area contributed by atoms with E-state index in [4.69, 9.17) is 14.2 Å². The van der Waals surface area contributed by atoms with E-state index in [9.17, 15) is 19.2 Å². The molecule has 0 unspecified atom stereocenters. The van der Waals surface area contributed by atoms with Gasteiger partial charge >= 0.3 is 11.9 Å². The summed E-state index contributed by atoms with van der Waals surface area (Å²) in [6, 6.07) is 7.27. The summed E-state index contributed by atoms with van der Waals surface area (Å²) >= 11 is 0. The van der Waals surface area contributed by atoms with E-state index in [0.717, 1.165) is 37.1 Å². The van der Waals surface area contributed by atoms with Crippen LogP contribution in [0.4, 0.5) is 5.69 Å². The van der Waals surface area contributed by atoms with E-state index in [1.54, 1.807) is 32.9 Å². The van der Waals surface area contributed by atoms with Crippen LogP contribution in [0.5, 0.6) is 0 Å². The third kappa shape index (κ3) is 5.47. The molecule has 2 aromatic rings. The van der Waals surface area contributed by atoms with E-state index in [1.165, 1.54) is 4.90 Å². The number of aromatic nitrogens is 1. The minimum atomic E-state index is -1.53. The van der Waals surface area contributed by atoms with Gasteiger partial charge in [-0.1, -0.05) is 6.07 Å². The minimum Gasteiger partial charge on any atom is -0.457 e. The zero-order valence-corrected chi connectivity index (χ0v) is 19.9. The number of nitrogens with one attached hydrogen (secondary N) is 1. The van der Waals surface area contributed by atoms with Crippen molar-refractivity contribution in [2.24, 2.45) is 5.92 Å². The van der Waals surface area contributed by atoms with Gasteiger partial charge < -0.3 is 24.1 Å². The van der Waals surface area contributed by atoms with Gasteiger partial charge in [-0.25, -0.2) is 4.79 Å². The highest BCUT2D eigenvalue weighted by molar-refractivity contribution is 6.02. The second-order valence-corrected chi connectivity index (χ2v) is 9.89. The number of morpholine rings is 1. The van der Waals surface area contributed by atoms with Crippen LogP contribution in [-0.4, -0.2) is 53.8 Å². The molecule has 182 valence electrons. The van der Waals surface area contributed by atoms with Crippen LogP contribution >= 0.6 is 0 Å². The largest absolute Gasteiger partial charge is 0.457 e. The first-order valence-corrected chi connectivity index (χ1v) is 11.5. The van der Waals surface area contributed by atoms with Gasteiger partial charge in [-0.3, -0.25) is 14.4 Å². The molecule has 1 N–H and O–H groups in total. The van der Waals surface area contributed by atoms with Crippen molar-refractivity contribution in [2.45, 2.75) is 64.8 Å². The van der Waals surface area contributed by atoms with Gasteiger partial charge in [0.15, 0.2) is 6.10 Å². The normalized spacial score (nSPS) is 19.7. The van der Waals surface area contributed by atoms with Crippen LogP contribution in [0.15, 0.2) is 29.1 Å². The molecule has 2 atom stereocenters. The number of carbonyl (C=O) groups is 3. The van der Waals surface area contributed by atoms with Crippen LogP contribution in [0.1, 0.15) is 46.1 Å². The van der Waals surface area contributed by atoms with Crippen LogP contribution in [0.25, 0.3) is 10.9 Å². The lowest BCUT2D eigenvalue weighted by atomic mass is 10.1. The predicted octanol–water partition coefficient (Wildman–Crippen LogP) is 2.49. The third-order valence-electron chi connectivity index (χ3n) is 5.75. The van der Waals surface area contributed by atoms with Crippen molar-refractivity contribution in [1.29, 1.82) is 0 Å². The van der Waals surface area contributed by atoms with Crippen LogP contribution in [0.2, 0.25) is 0 Å². The summed E-state index contributed by atoms with van der Waals surface area (Å²) in [6.07, 6.45) is 0.224. The second-order valence-electron chi connectivity index (χ2n) is 9.89. The number of carbonyl (C=O) groups excluding carboxylic acids is 3. The maximum atomic E-state index is 13.3. The Morgan fingerprint density at radius 1 is 1.21 bits per heavy atom. The Morgan fingerprint density at radius 3 is 2.59 bits per heavy atom. The average Bonchev–Trinajstić information content (AvgIpc) is 3.55. The molecule has 1 aliphatic carbocycles. The number of anilines is 1. The number of benzene rings is 1. The summed E-state index contributed by atoms with van der Waals surface area (Å²) in [5.41, 5.74) is 0.966. The van der Waals surface area contributed by atoms with Crippen LogP contribution in [0, 0.1) is 5.92 Å². The lowest BCUT2D eigenvalue weighted by Gasteiger charge is -2.35. The van der Waals surface area contributed by atoms with Gasteiger partial charge in [-0.15, -0.1) is 0 Å². The highest BCUT2D eigenvalue weighted by Gasteiger charge is 2.44. The number of nitrogens with zero attached hydrogens (tertiary/aromatic N) is 1. The highest BCUT2D eigenvalue weighted by atomic mass is 16.6. The number of amides is 1. The fourth-order valence-corrected chi connectivity index (χ4v) is 4.04. The van der Waals surface area contributed by atoms with Gasteiger partial charge in [0.1, 0.15) is 5.60 Å². The molecule has 1 amide bonds. The van der Waals surface area contributed by atoms with E-state index in [0.29, 0.717) is 17.1 Å². The molecule has 9 heteroatoms. The molecular weight excluding hydrogens is 440 g/mol. The Bertz CT molecular complexity index is 1180. The first-order chi connectivity index (χ1) is 16.0. The Morgan fingerprint density at radius 2 is 1.94 bits per heavy atom. The average molecular weight is 471 g/mol.